The number of anilines is 1. The lowest BCUT2D eigenvalue weighted by Gasteiger charge is -2.26. The van der Waals surface area contributed by atoms with E-state index in [1.54, 1.807) is 17.0 Å². The van der Waals surface area contributed by atoms with Crippen LogP contribution in [-0.2, 0) is 14.8 Å². The quantitative estimate of drug-likeness (QED) is 0.828. The van der Waals surface area contributed by atoms with E-state index in [2.05, 4.69) is 14.8 Å². The molecule has 0 bridgehead atoms. The number of rotatable bonds is 3. The molecule has 2 aromatic rings. The molecule has 0 fully saturated rings. The Labute approximate surface area is 167 Å². The molecule has 0 radical (unpaired) electrons. The minimum absolute atomic E-state index is 0.116. The van der Waals surface area contributed by atoms with Gasteiger partial charge in [0.25, 0.3) is 15.9 Å². The van der Waals surface area contributed by atoms with E-state index in [1.165, 1.54) is 29.1 Å². The van der Waals surface area contributed by atoms with E-state index in [1.807, 2.05) is 19.9 Å². The predicted molar refractivity (Wildman–Crippen MR) is 107 cm³/mol. The van der Waals surface area contributed by atoms with Gasteiger partial charge in [0.15, 0.2) is 5.82 Å². The molecule has 2 aliphatic rings. The predicted octanol–water partition coefficient (Wildman–Crippen LogP) is 2.06. The van der Waals surface area contributed by atoms with Crippen LogP contribution in [0, 0.1) is 19.7 Å². The summed E-state index contributed by atoms with van der Waals surface area (Å²) in [7, 11) is -3.46. The van der Waals surface area contributed by atoms with Crippen molar-refractivity contribution >= 4 is 27.5 Å². The van der Waals surface area contributed by atoms with Gasteiger partial charge in [-0.05, 0) is 50.3 Å². The molecule has 1 N–H and O–H groups in total. The average molecular weight is 415 g/mol. The standard InChI is InChI=1S/C19H18FN5O3S/c1-12-9-13(2)25(22-12)17-5-4-15(10-16(17)20)21-19(26)14-3-6-18-23-29(27,28)8-7-24(18)11-14/h3-6,9-11H,7-8H2,1-2H3,(H,21,26). The number of sulfonamides is 1. The van der Waals surface area contributed by atoms with Gasteiger partial charge in [-0.1, -0.05) is 0 Å². The number of halogens is 1. The fourth-order valence-electron chi connectivity index (χ4n) is 3.17. The van der Waals surface area contributed by atoms with Crippen molar-refractivity contribution in [2.24, 2.45) is 4.40 Å². The summed E-state index contributed by atoms with van der Waals surface area (Å²) in [6.07, 6.45) is 4.48. The maximum Gasteiger partial charge on any atom is 0.257 e. The topological polar surface area (TPSA) is 96.7 Å². The molecule has 0 saturated carbocycles. The molecule has 0 saturated heterocycles. The molecule has 0 spiro atoms. The first kappa shape index (κ1) is 19.1. The van der Waals surface area contributed by atoms with E-state index >= 15 is 0 Å². The zero-order chi connectivity index (χ0) is 20.8. The minimum Gasteiger partial charge on any atom is -0.330 e. The van der Waals surface area contributed by atoms with Crippen molar-refractivity contribution in [3.8, 4) is 5.69 Å². The van der Waals surface area contributed by atoms with Gasteiger partial charge in [-0.3, -0.25) is 4.79 Å². The molecule has 3 heterocycles. The summed E-state index contributed by atoms with van der Waals surface area (Å²) in [6, 6.07) is 6.23. The van der Waals surface area contributed by atoms with Crippen LogP contribution in [0.5, 0.6) is 0 Å². The summed E-state index contributed by atoms with van der Waals surface area (Å²) in [5.74, 6) is -0.799. The molecule has 1 aromatic heterocycles. The van der Waals surface area contributed by atoms with Crippen LogP contribution in [-0.4, -0.2) is 47.1 Å². The molecule has 29 heavy (non-hydrogen) atoms. The molecule has 0 unspecified atom stereocenters. The van der Waals surface area contributed by atoms with Gasteiger partial charge < -0.3 is 10.2 Å². The van der Waals surface area contributed by atoms with Gasteiger partial charge in [-0.15, -0.1) is 4.40 Å². The fraction of sp³-hybridized carbons (Fsp3) is 0.211. The second kappa shape index (κ2) is 6.96. The van der Waals surface area contributed by atoms with Crippen molar-refractivity contribution in [2.75, 3.05) is 17.6 Å². The number of aromatic nitrogens is 2. The van der Waals surface area contributed by atoms with E-state index in [4.69, 9.17) is 0 Å². The number of nitrogens with one attached hydrogen (secondary N) is 1. The van der Waals surface area contributed by atoms with E-state index in [0.717, 1.165) is 11.4 Å². The average Bonchev–Trinajstić information content (AvgIpc) is 2.98. The summed E-state index contributed by atoms with van der Waals surface area (Å²) in [4.78, 5) is 14.1. The molecule has 10 heteroatoms. The van der Waals surface area contributed by atoms with Crippen molar-refractivity contribution in [2.45, 2.75) is 13.8 Å². The Hall–Kier alpha value is -3.27. The molecular formula is C19H18FN5O3S. The highest BCUT2D eigenvalue weighted by molar-refractivity contribution is 7.90. The number of carbonyl (C=O) groups excluding carboxylic acids is 1. The molecule has 0 atom stereocenters. The van der Waals surface area contributed by atoms with E-state index < -0.39 is 21.7 Å². The van der Waals surface area contributed by atoms with Gasteiger partial charge in [0, 0.05) is 24.1 Å². The Balaban J connectivity index is 1.52. The maximum atomic E-state index is 14.6. The van der Waals surface area contributed by atoms with Gasteiger partial charge in [0.1, 0.15) is 11.5 Å². The summed E-state index contributed by atoms with van der Waals surface area (Å²) >= 11 is 0. The molecular weight excluding hydrogens is 397 g/mol. The number of hydrogen-bond donors (Lipinski definition) is 1. The maximum absolute atomic E-state index is 14.6. The van der Waals surface area contributed by atoms with Crippen LogP contribution in [0.4, 0.5) is 10.1 Å². The third-order valence-corrected chi connectivity index (χ3v) is 5.69. The van der Waals surface area contributed by atoms with Gasteiger partial charge in [0.05, 0.1) is 17.0 Å². The van der Waals surface area contributed by atoms with Crippen molar-refractivity contribution in [1.29, 1.82) is 0 Å². The molecule has 1 amide bonds. The Bertz CT molecular complexity index is 1210. The van der Waals surface area contributed by atoms with Crippen LogP contribution < -0.4 is 5.32 Å². The Kier molecular flexibility index (Phi) is 4.58. The number of amidine groups is 1. The minimum atomic E-state index is -3.46. The van der Waals surface area contributed by atoms with Gasteiger partial charge >= 0.3 is 0 Å². The molecule has 8 nitrogen and oxygen atoms in total. The number of carbonyl (C=O) groups is 1. The highest BCUT2D eigenvalue weighted by atomic mass is 32.2. The highest BCUT2D eigenvalue weighted by Crippen LogP contribution is 2.21. The third-order valence-electron chi connectivity index (χ3n) is 4.53. The summed E-state index contributed by atoms with van der Waals surface area (Å²) in [5.41, 5.74) is 2.49. The van der Waals surface area contributed by atoms with Crippen molar-refractivity contribution < 1.29 is 17.6 Å². The Morgan fingerprint density at radius 2 is 2.00 bits per heavy atom. The number of benzene rings is 1. The smallest absolute Gasteiger partial charge is 0.257 e. The van der Waals surface area contributed by atoms with Crippen molar-refractivity contribution in [3.63, 3.8) is 0 Å². The van der Waals surface area contributed by atoms with Crippen molar-refractivity contribution in [3.05, 3.63) is 65.4 Å². The summed E-state index contributed by atoms with van der Waals surface area (Å²) < 4.78 is 42.9. The third kappa shape index (κ3) is 3.83. The van der Waals surface area contributed by atoms with Crippen LogP contribution in [0.3, 0.4) is 0 Å². The van der Waals surface area contributed by atoms with Crippen molar-refractivity contribution in [1.82, 2.24) is 14.7 Å². The number of hydrogen-bond acceptors (Lipinski definition) is 5. The van der Waals surface area contributed by atoms with Crippen LogP contribution in [0.15, 0.2) is 52.6 Å². The monoisotopic (exact) mass is 415 g/mol. The first-order valence-electron chi connectivity index (χ1n) is 8.85. The first-order chi connectivity index (χ1) is 13.7. The van der Waals surface area contributed by atoms with Crippen LogP contribution in [0.1, 0.15) is 11.4 Å². The summed E-state index contributed by atoms with van der Waals surface area (Å²) in [6.45, 7) is 3.88. The normalized spacial score (nSPS) is 17.4. The van der Waals surface area contributed by atoms with Crippen LogP contribution in [0.2, 0.25) is 0 Å². The lowest BCUT2D eigenvalue weighted by molar-refractivity contribution is -0.112. The number of fused-ring (bicyclic) bond motifs is 1. The lowest BCUT2D eigenvalue weighted by Crippen LogP contribution is -2.37. The number of aryl methyl sites for hydroxylation is 2. The van der Waals surface area contributed by atoms with E-state index in [9.17, 15) is 17.6 Å². The second-order valence-corrected chi connectivity index (χ2v) is 8.56. The zero-order valence-electron chi connectivity index (χ0n) is 15.8. The Morgan fingerprint density at radius 3 is 2.69 bits per heavy atom. The molecule has 1 aromatic carbocycles. The first-order valence-corrected chi connectivity index (χ1v) is 10.5. The van der Waals surface area contributed by atoms with E-state index in [-0.39, 0.29) is 18.1 Å². The van der Waals surface area contributed by atoms with Gasteiger partial charge in [-0.2, -0.15) is 5.10 Å². The Morgan fingerprint density at radius 1 is 1.21 bits per heavy atom. The molecule has 0 aliphatic carbocycles. The number of nitrogens with zero attached hydrogens (tertiary/aromatic N) is 4. The molecule has 150 valence electrons. The SMILES string of the molecule is Cc1cc(C)n(-c2ccc(NC(=O)C3=CN4CCS(=O)(=O)N=C4C=C3)cc2F)n1. The largest absolute Gasteiger partial charge is 0.330 e. The van der Waals surface area contributed by atoms with Gasteiger partial charge in [-0.25, -0.2) is 17.5 Å². The number of amides is 1. The molecule has 2 aliphatic heterocycles. The van der Waals surface area contributed by atoms with Crippen LogP contribution in [0.25, 0.3) is 5.69 Å². The zero-order valence-corrected chi connectivity index (χ0v) is 16.6. The fourth-order valence-corrected chi connectivity index (χ4v) is 4.14. The highest BCUT2D eigenvalue weighted by Gasteiger charge is 2.25. The van der Waals surface area contributed by atoms with E-state index in [0.29, 0.717) is 16.9 Å². The lowest BCUT2D eigenvalue weighted by atomic mass is 10.1. The van der Waals surface area contributed by atoms with Gasteiger partial charge in [0.2, 0.25) is 0 Å². The second-order valence-electron chi connectivity index (χ2n) is 6.81. The van der Waals surface area contributed by atoms with Crippen LogP contribution >= 0.6 is 0 Å². The summed E-state index contributed by atoms with van der Waals surface area (Å²) in [5, 5.41) is 6.92. The molecule has 4 rings (SSSR count).